The van der Waals surface area contributed by atoms with Gasteiger partial charge < -0.3 is 14.6 Å². The smallest absolute Gasteiger partial charge is 0.334 e. The van der Waals surface area contributed by atoms with Gasteiger partial charge in [0.2, 0.25) is 0 Å². The molecule has 0 saturated heterocycles. The molecule has 0 aromatic heterocycles. The number of azide groups is 1. The van der Waals surface area contributed by atoms with Gasteiger partial charge in [-0.3, -0.25) is 9.79 Å². The Morgan fingerprint density at radius 3 is 2.71 bits per heavy atom. The SMILES string of the molecule is COC(=O)C1C(C)=NC(COCCN=[N+]=[N-])=C(C(=O)O)C1c1ccccc1Cl. The van der Waals surface area contributed by atoms with Crippen molar-refractivity contribution in [1.82, 2.24) is 0 Å². The lowest BCUT2D eigenvalue weighted by atomic mass is 9.75. The third kappa shape index (κ3) is 4.69. The topological polar surface area (TPSA) is 134 Å². The van der Waals surface area contributed by atoms with E-state index in [1.807, 2.05) is 0 Å². The van der Waals surface area contributed by atoms with Crippen LogP contribution in [-0.2, 0) is 19.1 Å². The summed E-state index contributed by atoms with van der Waals surface area (Å²) in [6, 6.07) is 6.73. The molecule has 0 fully saturated rings. The van der Waals surface area contributed by atoms with E-state index in [9.17, 15) is 14.7 Å². The molecule has 28 heavy (non-hydrogen) atoms. The molecule has 10 heteroatoms. The van der Waals surface area contributed by atoms with Crippen molar-refractivity contribution in [3.8, 4) is 0 Å². The Hall–Kier alpha value is -2.87. The van der Waals surface area contributed by atoms with Crippen LogP contribution < -0.4 is 0 Å². The predicted octanol–water partition coefficient (Wildman–Crippen LogP) is 3.35. The molecule has 148 valence electrons. The molecule has 1 aromatic rings. The first-order valence-electron chi connectivity index (χ1n) is 8.34. The van der Waals surface area contributed by atoms with E-state index in [0.717, 1.165) is 0 Å². The second-order valence-electron chi connectivity index (χ2n) is 5.93. The number of halogens is 1. The lowest BCUT2D eigenvalue weighted by molar-refractivity contribution is -0.143. The molecule has 0 spiro atoms. The minimum absolute atomic E-state index is 0.0853. The molecule has 9 nitrogen and oxygen atoms in total. The first-order chi connectivity index (χ1) is 13.4. The highest BCUT2D eigenvalue weighted by Gasteiger charge is 2.43. The summed E-state index contributed by atoms with van der Waals surface area (Å²) < 4.78 is 10.3. The number of hydrogen-bond donors (Lipinski definition) is 1. The van der Waals surface area contributed by atoms with Gasteiger partial charge in [-0.25, -0.2) is 4.79 Å². The minimum atomic E-state index is -1.23. The van der Waals surface area contributed by atoms with Crippen molar-refractivity contribution < 1.29 is 24.2 Å². The first kappa shape index (κ1) is 21.4. The lowest BCUT2D eigenvalue weighted by Gasteiger charge is -2.31. The van der Waals surface area contributed by atoms with Crippen LogP contribution in [0.4, 0.5) is 0 Å². The summed E-state index contributed by atoms with van der Waals surface area (Å²) >= 11 is 6.31. The van der Waals surface area contributed by atoms with Crippen molar-refractivity contribution in [2.75, 3.05) is 26.9 Å². The maximum absolute atomic E-state index is 12.4. The Labute approximate surface area is 166 Å². The van der Waals surface area contributed by atoms with Crippen LogP contribution in [-0.4, -0.2) is 49.6 Å². The molecule has 1 aliphatic heterocycles. The van der Waals surface area contributed by atoms with Crippen molar-refractivity contribution in [3.05, 3.63) is 56.6 Å². The van der Waals surface area contributed by atoms with E-state index < -0.39 is 23.8 Å². The van der Waals surface area contributed by atoms with Crippen LogP contribution in [0.15, 0.2) is 45.6 Å². The fourth-order valence-electron chi connectivity index (χ4n) is 3.11. The number of ether oxygens (including phenoxy) is 2. The number of rotatable bonds is 8. The van der Waals surface area contributed by atoms with Gasteiger partial charge in [0.25, 0.3) is 0 Å². The molecule has 1 heterocycles. The van der Waals surface area contributed by atoms with Crippen molar-refractivity contribution in [2.24, 2.45) is 16.0 Å². The molecule has 0 amide bonds. The Balaban J connectivity index is 2.53. The van der Waals surface area contributed by atoms with E-state index in [0.29, 0.717) is 16.3 Å². The molecular formula is C18H19ClN4O5. The van der Waals surface area contributed by atoms with Gasteiger partial charge in [0.05, 0.1) is 31.6 Å². The Morgan fingerprint density at radius 1 is 1.39 bits per heavy atom. The zero-order valence-corrected chi connectivity index (χ0v) is 16.1. The van der Waals surface area contributed by atoms with Gasteiger partial charge in [0.1, 0.15) is 5.92 Å². The summed E-state index contributed by atoms with van der Waals surface area (Å²) in [5, 5.41) is 13.6. The summed E-state index contributed by atoms with van der Waals surface area (Å²) in [5.74, 6) is -3.65. The normalized spacial score (nSPS) is 18.9. The predicted molar refractivity (Wildman–Crippen MR) is 102 cm³/mol. The highest BCUT2D eigenvalue weighted by molar-refractivity contribution is 6.31. The van der Waals surface area contributed by atoms with Crippen molar-refractivity contribution >= 4 is 29.3 Å². The van der Waals surface area contributed by atoms with E-state index >= 15 is 0 Å². The number of carbonyl (C=O) groups excluding carboxylic acids is 1. The second-order valence-corrected chi connectivity index (χ2v) is 6.33. The number of nitrogens with zero attached hydrogens (tertiary/aromatic N) is 4. The van der Waals surface area contributed by atoms with E-state index in [2.05, 4.69) is 15.0 Å². The van der Waals surface area contributed by atoms with Gasteiger partial charge in [-0.1, -0.05) is 34.9 Å². The summed E-state index contributed by atoms with van der Waals surface area (Å²) in [4.78, 5) is 31.5. The molecule has 1 aliphatic rings. The molecule has 1 aromatic carbocycles. The van der Waals surface area contributed by atoms with Crippen molar-refractivity contribution in [3.63, 3.8) is 0 Å². The Morgan fingerprint density at radius 2 is 2.11 bits per heavy atom. The van der Waals surface area contributed by atoms with E-state index in [1.54, 1.807) is 31.2 Å². The molecule has 2 atom stereocenters. The fraction of sp³-hybridized carbons (Fsp3) is 0.389. The van der Waals surface area contributed by atoms with Crippen LogP contribution in [0.3, 0.4) is 0 Å². The van der Waals surface area contributed by atoms with Crippen molar-refractivity contribution in [1.29, 1.82) is 0 Å². The monoisotopic (exact) mass is 406 g/mol. The third-order valence-electron chi connectivity index (χ3n) is 4.28. The highest BCUT2D eigenvalue weighted by atomic mass is 35.5. The molecule has 2 rings (SSSR count). The number of carboxylic acid groups (broad SMARTS) is 1. The lowest BCUT2D eigenvalue weighted by Crippen LogP contribution is -2.36. The third-order valence-corrected chi connectivity index (χ3v) is 4.62. The largest absolute Gasteiger partial charge is 0.478 e. The van der Waals surface area contributed by atoms with Gasteiger partial charge >= 0.3 is 11.9 Å². The summed E-state index contributed by atoms with van der Waals surface area (Å²) in [6.07, 6.45) is 0. The van der Waals surface area contributed by atoms with Gasteiger partial charge in [0, 0.05) is 28.1 Å². The standard InChI is InChI=1S/C18H19ClN4O5/c1-10-14(18(26)27-2)15(11-5-3-4-6-12(11)19)16(17(24)25)13(22-10)9-28-8-7-21-23-20/h3-6,14-15H,7-9H2,1-2H3,(H,24,25). The molecule has 0 radical (unpaired) electrons. The van der Waals surface area contributed by atoms with Gasteiger partial charge in [0.15, 0.2) is 0 Å². The zero-order chi connectivity index (χ0) is 20.7. The molecular weight excluding hydrogens is 388 g/mol. The summed E-state index contributed by atoms with van der Waals surface area (Å²) in [7, 11) is 1.23. The number of hydrogen-bond acceptors (Lipinski definition) is 6. The maximum Gasteiger partial charge on any atom is 0.334 e. The second kappa shape index (κ2) is 9.89. The zero-order valence-electron chi connectivity index (χ0n) is 15.3. The number of benzene rings is 1. The van der Waals surface area contributed by atoms with Crippen LogP contribution in [0.25, 0.3) is 10.4 Å². The van der Waals surface area contributed by atoms with E-state index in [-0.39, 0.29) is 31.0 Å². The average Bonchev–Trinajstić information content (AvgIpc) is 2.66. The average molecular weight is 407 g/mol. The number of esters is 1. The van der Waals surface area contributed by atoms with Gasteiger partial charge in [-0.2, -0.15) is 0 Å². The first-order valence-corrected chi connectivity index (χ1v) is 8.72. The number of carbonyl (C=O) groups is 2. The molecule has 2 unspecified atom stereocenters. The van der Waals surface area contributed by atoms with Crippen LogP contribution in [0.2, 0.25) is 5.02 Å². The number of methoxy groups -OCH3 is 1. The molecule has 0 aliphatic carbocycles. The Bertz CT molecular complexity index is 876. The van der Waals surface area contributed by atoms with Crippen LogP contribution >= 0.6 is 11.6 Å². The number of aliphatic imine (C=N–C) groups is 1. The maximum atomic E-state index is 12.4. The van der Waals surface area contributed by atoms with Crippen LogP contribution in [0.5, 0.6) is 0 Å². The minimum Gasteiger partial charge on any atom is -0.478 e. The van der Waals surface area contributed by atoms with Crippen LogP contribution in [0.1, 0.15) is 18.4 Å². The van der Waals surface area contributed by atoms with Crippen molar-refractivity contribution in [2.45, 2.75) is 12.8 Å². The molecule has 0 saturated carbocycles. The number of aliphatic carboxylic acids is 1. The van der Waals surface area contributed by atoms with Crippen LogP contribution in [0, 0.1) is 5.92 Å². The quantitative estimate of drug-likeness (QED) is 0.232. The van der Waals surface area contributed by atoms with E-state index in [4.69, 9.17) is 26.6 Å². The molecule has 1 N–H and O–H groups in total. The summed E-state index contributed by atoms with van der Waals surface area (Å²) in [5.41, 5.74) is 9.27. The van der Waals surface area contributed by atoms with Gasteiger partial charge in [-0.05, 0) is 24.1 Å². The van der Waals surface area contributed by atoms with E-state index in [1.165, 1.54) is 7.11 Å². The number of carboxylic acids is 1. The molecule has 0 bridgehead atoms. The Kier molecular flexibility index (Phi) is 7.57. The van der Waals surface area contributed by atoms with Gasteiger partial charge in [-0.15, -0.1) is 0 Å². The summed E-state index contributed by atoms with van der Waals surface area (Å²) in [6.45, 7) is 1.72. The highest BCUT2D eigenvalue weighted by Crippen LogP contribution is 2.42. The fourth-order valence-corrected chi connectivity index (χ4v) is 3.36.